The maximum Gasteiger partial charge on any atom is 0.191 e. The van der Waals surface area contributed by atoms with Gasteiger partial charge in [0.25, 0.3) is 0 Å². The van der Waals surface area contributed by atoms with Crippen LogP contribution in [0, 0.1) is 0 Å². The number of hydrogen-bond acceptors (Lipinski definition) is 4. The summed E-state index contributed by atoms with van der Waals surface area (Å²) in [5.41, 5.74) is 1.26. The zero-order chi connectivity index (χ0) is 20.9. The molecular formula is C23H41IN4O2. The van der Waals surface area contributed by atoms with Gasteiger partial charge < -0.3 is 25.0 Å². The van der Waals surface area contributed by atoms with Crippen molar-refractivity contribution in [1.29, 1.82) is 0 Å². The third kappa shape index (κ3) is 9.29. The monoisotopic (exact) mass is 532 g/mol. The number of methoxy groups -OCH3 is 1. The average Bonchev–Trinajstić information content (AvgIpc) is 2.73. The van der Waals surface area contributed by atoms with Gasteiger partial charge in [0.15, 0.2) is 17.5 Å². The third-order valence-corrected chi connectivity index (χ3v) is 5.23. The van der Waals surface area contributed by atoms with Crippen molar-refractivity contribution in [2.24, 2.45) is 4.99 Å². The number of hydrogen-bond donors (Lipinski definition) is 2. The van der Waals surface area contributed by atoms with Crippen LogP contribution in [0.2, 0.25) is 0 Å². The van der Waals surface area contributed by atoms with Gasteiger partial charge >= 0.3 is 0 Å². The van der Waals surface area contributed by atoms with Crippen LogP contribution in [0.15, 0.2) is 23.2 Å². The fraction of sp³-hybridized carbons (Fsp3) is 0.696. The summed E-state index contributed by atoms with van der Waals surface area (Å²) in [5.74, 6) is 2.56. The van der Waals surface area contributed by atoms with Crippen LogP contribution in [0.25, 0.3) is 0 Å². The molecule has 30 heavy (non-hydrogen) atoms. The van der Waals surface area contributed by atoms with E-state index >= 15 is 0 Å². The summed E-state index contributed by atoms with van der Waals surface area (Å²) in [4.78, 5) is 7.36. The first-order valence-corrected chi connectivity index (χ1v) is 11.3. The minimum Gasteiger partial charge on any atom is -0.493 e. The molecule has 0 bridgehead atoms. The van der Waals surface area contributed by atoms with E-state index in [-0.39, 0.29) is 24.0 Å². The lowest BCUT2D eigenvalue weighted by Gasteiger charge is -2.32. The molecule has 2 rings (SSSR count). The Kier molecular flexibility index (Phi) is 13.9. The van der Waals surface area contributed by atoms with Crippen molar-refractivity contribution in [3.8, 4) is 11.5 Å². The second kappa shape index (κ2) is 15.6. The third-order valence-electron chi connectivity index (χ3n) is 5.23. The molecule has 7 heteroatoms. The van der Waals surface area contributed by atoms with Crippen molar-refractivity contribution in [3.63, 3.8) is 0 Å². The molecule has 1 aliphatic rings. The van der Waals surface area contributed by atoms with Gasteiger partial charge in [0.05, 0.1) is 13.7 Å². The molecule has 172 valence electrons. The lowest BCUT2D eigenvalue weighted by Crippen LogP contribution is -2.48. The van der Waals surface area contributed by atoms with Crippen molar-refractivity contribution < 1.29 is 9.47 Å². The van der Waals surface area contributed by atoms with Crippen LogP contribution in [0.4, 0.5) is 0 Å². The second-order valence-electron chi connectivity index (χ2n) is 7.54. The number of aryl methyl sites for hydroxylation is 1. The van der Waals surface area contributed by atoms with E-state index in [2.05, 4.69) is 41.5 Å². The number of likely N-dealkylation sites (tertiary alicyclic amines) is 1. The normalized spacial score (nSPS) is 15.4. The van der Waals surface area contributed by atoms with E-state index < -0.39 is 0 Å². The van der Waals surface area contributed by atoms with E-state index in [1.807, 2.05) is 13.0 Å². The number of nitrogens with zero attached hydrogens (tertiary/aromatic N) is 2. The number of halogens is 1. The molecule has 0 saturated carbocycles. The minimum absolute atomic E-state index is 0. The molecule has 1 aromatic rings. The Labute approximate surface area is 200 Å². The number of ether oxygens (including phenoxy) is 2. The van der Waals surface area contributed by atoms with Crippen molar-refractivity contribution >= 4 is 29.9 Å². The van der Waals surface area contributed by atoms with Crippen LogP contribution in [0.5, 0.6) is 11.5 Å². The fourth-order valence-electron chi connectivity index (χ4n) is 3.75. The first kappa shape index (κ1) is 26.8. The standard InChI is InChI=1S/C23H40N4O2.HI/c1-5-15-27-16-12-20(13-17-27)26-23(24-6-2)25-14-8-9-19-10-11-21(28-4)22(18-19)29-7-3;/h10-11,18,20H,5-9,12-17H2,1-4H3,(H2,24,25,26);1H. The zero-order valence-corrected chi connectivity index (χ0v) is 21.5. The Morgan fingerprint density at radius 1 is 1.17 bits per heavy atom. The maximum absolute atomic E-state index is 5.68. The molecule has 1 saturated heterocycles. The van der Waals surface area contributed by atoms with E-state index in [0.717, 1.165) is 43.4 Å². The summed E-state index contributed by atoms with van der Waals surface area (Å²) < 4.78 is 11.0. The van der Waals surface area contributed by atoms with Gasteiger partial charge in [-0.3, -0.25) is 4.99 Å². The molecule has 0 unspecified atom stereocenters. The van der Waals surface area contributed by atoms with E-state index in [4.69, 9.17) is 14.5 Å². The molecule has 1 fully saturated rings. The molecule has 0 atom stereocenters. The van der Waals surface area contributed by atoms with Gasteiger partial charge in [-0.1, -0.05) is 13.0 Å². The quantitative estimate of drug-likeness (QED) is 0.195. The molecule has 0 spiro atoms. The summed E-state index contributed by atoms with van der Waals surface area (Å²) in [6, 6.07) is 6.70. The Hall–Kier alpha value is -1.22. The highest BCUT2D eigenvalue weighted by atomic mass is 127. The Bertz CT molecular complexity index is 619. The van der Waals surface area contributed by atoms with Gasteiger partial charge in [0.2, 0.25) is 0 Å². The molecule has 0 aromatic heterocycles. The SMILES string of the molecule is CCCN1CCC(NC(=NCCCc2ccc(OC)c(OCC)c2)NCC)CC1.I. The van der Waals surface area contributed by atoms with Crippen LogP contribution >= 0.6 is 24.0 Å². The molecular weight excluding hydrogens is 491 g/mol. The lowest BCUT2D eigenvalue weighted by atomic mass is 10.1. The maximum atomic E-state index is 5.68. The molecule has 0 aliphatic carbocycles. The van der Waals surface area contributed by atoms with Gasteiger partial charge in [-0.2, -0.15) is 0 Å². The summed E-state index contributed by atoms with van der Waals surface area (Å²) >= 11 is 0. The number of piperidine rings is 1. The van der Waals surface area contributed by atoms with Crippen molar-refractivity contribution in [3.05, 3.63) is 23.8 Å². The van der Waals surface area contributed by atoms with Crippen LogP contribution in [-0.2, 0) is 6.42 Å². The van der Waals surface area contributed by atoms with Crippen molar-refractivity contribution in [2.75, 3.05) is 46.4 Å². The lowest BCUT2D eigenvalue weighted by molar-refractivity contribution is 0.206. The molecule has 0 radical (unpaired) electrons. The van der Waals surface area contributed by atoms with Crippen molar-refractivity contribution in [2.45, 2.75) is 58.9 Å². The van der Waals surface area contributed by atoms with Gasteiger partial charge in [0.1, 0.15) is 0 Å². The highest BCUT2D eigenvalue weighted by molar-refractivity contribution is 14.0. The molecule has 2 N–H and O–H groups in total. The van der Waals surface area contributed by atoms with E-state index in [0.29, 0.717) is 12.6 Å². The number of rotatable bonds is 11. The summed E-state index contributed by atoms with van der Waals surface area (Å²) in [5, 5.41) is 7.03. The summed E-state index contributed by atoms with van der Waals surface area (Å²) in [7, 11) is 1.68. The molecule has 0 amide bonds. The molecule has 1 heterocycles. The fourth-order valence-corrected chi connectivity index (χ4v) is 3.75. The van der Waals surface area contributed by atoms with Crippen LogP contribution in [0.3, 0.4) is 0 Å². The highest BCUT2D eigenvalue weighted by Gasteiger charge is 2.19. The Morgan fingerprint density at radius 2 is 1.93 bits per heavy atom. The highest BCUT2D eigenvalue weighted by Crippen LogP contribution is 2.28. The largest absolute Gasteiger partial charge is 0.493 e. The first-order chi connectivity index (χ1) is 14.2. The molecule has 6 nitrogen and oxygen atoms in total. The van der Waals surface area contributed by atoms with Crippen molar-refractivity contribution in [1.82, 2.24) is 15.5 Å². The van der Waals surface area contributed by atoms with Gasteiger partial charge in [0, 0.05) is 32.2 Å². The van der Waals surface area contributed by atoms with E-state index in [1.54, 1.807) is 7.11 Å². The van der Waals surface area contributed by atoms with Gasteiger partial charge in [-0.25, -0.2) is 0 Å². The first-order valence-electron chi connectivity index (χ1n) is 11.3. The average molecular weight is 533 g/mol. The smallest absolute Gasteiger partial charge is 0.191 e. The molecule has 1 aliphatic heterocycles. The van der Waals surface area contributed by atoms with Crippen LogP contribution < -0.4 is 20.1 Å². The summed E-state index contributed by atoms with van der Waals surface area (Å²) in [6.45, 7) is 12.3. The topological polar surface area (TPSA) is 58.1 Å². The predicted molar refractivity (Wildman–Crippen MR) is 137 cm³/mol. The zero-order valence-electron chi connectivity index (χ0n) is 19.2. The number of benzene rings is 1. The Morgan fingerprint density at radius 3 is 2.57 bits per heavy atom. The van der Waals surface area contributed by atoms with Gasteiger partial charge in [-0.05, 0) is 70.2 Å². The summed E-state index contributed by atoms with van der Waals surface area (Å²) in [6.07, 6.45) is 5.60. The number of aliphatic imine (C=N–C) groups is 1. The van der Waals surface area contributed by atoms with Crippen LogP contribution in [-0.4, -0.2) is 63.3 Å². The molecule has 1 aromatic carbocycles. The number of guanidine groups is 1. The number of nitrogens with one attached hydrogen (secondary N) is 2. The van der Waals surface area contributed by atoms with E-state index in [1.165, 1.54) is 44.5 Å². The van der Waals surface area contributed by atoms with E-state index in [9.17, 15) is 0 Å². The Balaban J connectivity index is 0.00000450. The van der Waals surface area contributed by atoms with Crippen LogP contribution in [0.1, 0.15) is 52.0 Å². The predicted octanol–water partition coefficient (Wildman–Crippen LogP) is 4.07. The second-order valence-corrected chi connectivity index (χ2v) is 7.54. The minimum atomic E-state index is 0. The van der Waals surface area contributed by atoms with Gasteiger partial charge in [-0.15, -0.1) is 24.0 Å².